The van der Waals surface area contributed by atoms with Gasteiger partial charge in [-0.05, 0) is 17.7 Å². The molecule has 0 radical (unpaired) electrons. The van der Waals surface area contributed by atoms with E-state index in [1.807, 2.05) is 21.6 Å². The first kappa shape index (κ1) is 17.7. The zero-order valence-corrected chi connectivity index (χ0v) is 14.8. The Morgan fingerprint density at radius 2 is 1.90 bits per heavy atom. The molecule has 1 saturated heterocycles. The maximum Gasteiger partial charge on any atom is 0.197 e. The quantitative estimate of drug-likeness (QED) is 0.455. The van der Waals surface area contributed by atoms with Crippen molar-refractivity contribution >= 4 is 57.1 Å². The largest absolute Gasteiger partial charge is 0.348 e. The summed E-state index contributed by atoms with van der Waals surface area (Å²) in [7, 11) is 3.69. The summed E-state index contributed by atoms with van der Waals surface area (Å²) in [5.41, 5.74) is 0. The fraction of sp³-hybridized carbons (Fsp3) is 0.692. The smallest absolute Gasteiger partial charge is 0.197 e. The maximum atomic E-state index is 11.3. The van der Waals surface area contributed by atoms with Gasteiger partial charge in [-0.2, -0.15) is 0 Å². The van der Waals surface area contributed by atoms with E-state index in [2.05, 4.69) is 36.7 Å². The van der Waals surface area contributed by atoms with Crippen molar-refractivity contribution in [3.63, 3.8) is 0 Å². The molecule has 1 unspecified atom stereocenters. The Bertz CT molecular complexity index is 400. The molecule has 1 saturated carbocycles. The summed E-state index contributed by atoms with van der Waals surface area (Å²) in [6.45, 7) is 1.17. The van der Waals surface area contributed by atoms with Crippen LogP contribution in [0.5, 0.6) is 0 Å². The van der Waals surface area contributed by atoms with Gasteiger partial charge in [-0.15, -0.1) is 25.3 Å². The zero-order chi connectivity index (χ0) is 15.3. The molecule has 1 spiro atoms. The molecule has 4 nitrogen and oxygen atoms in total. The highest BCUT2D eigenvalue weighted by Crippen LogP contribution is 2.44. The Morgan fingerprint density at radius 1 is 1.24 bits per heavy atom. The average molecular weight is 367 g/mol. The van der Waals surface area contributed by atoms with Crippen molar-refractivity contribution in [1.82, 2.24) is 0 Å². The van der Waals surface area contributed by atoms with Crippen LogP contribution in [0.15, 0.2) is 11.5 Å². The third kappa shape index (κ3) is 4.94. The average Bonchev–Trinajstić information content (AvgIpc) is 3.16. The van der Waals surface area contributed by atoms with E-state index in [-0.39, 0.29) is 5.92 Å². The summed E-state index contributed by atoms with van der Waals surface area (Å²) in [5.74, 6) is -0.160. The van der Waals surface area contributed by atoms with Gasteiger partial charge in [-0.3, -0.25) is 9.59 Å². The third-order valence-electron chi connectivity index (χ3n) is 3.67. The van der Waals surface area contributed by atoms with Crippen LogP contribution in [0.1, 0.15) is 19.3 Å². The molecule has 2 fully saturated rings. The Labute approximate surface area is 143 Å². The van der Waals surface area contributed by atoms with Gasteiger partial charge in [0.25, 0.3) is 0 Å². The Balaban J connectivity index is 0.000000272. The van der Waals surface area contributed by atoms with Gasteiger partial charge in [0.2, 0.25) is 0 Å². The van der Waals surface area contributed by atoms with Gasteiger partial charge < -0.3 is 9.47 Å². The summed E-state index contributed by atoms with van der Waals surface area (Å²) >= 11 is 7.50. The number of hydrogen-bond acceptors (Lipinski definition) is 6. The molecule has 3 rings (SSSR count). The number of carbonyl (C=O) groups excluding carboxylic acids is 2. The second kappa shape index (κ2) is 8.31. The Hall–Kier alpha value is 0.400. The van der Waals surface area contributed by atoms with Crippen LogP contribution in [0.2, 0.25) is 0 Å². The van der Waals surface area contributed by atoms with Gasteiger partial charge >= 0.3 is 0 Å². The molecule has 1 atom stereocenters. The highest BCUT2D eigenvalue weighted by Gasteiger charge is 2.48. The Kier molecular flexibility index (Phi) is 7.02. The van der Waals surface area contributed by atoms with Gasteiger partial charge in [-0.1, -0.05) is 27.7 Å². The van der Waals surface area contributed by atoms with Crippen molar-refractivity contribution in [1.29, 1.82) is 0 Å². The van der Waals surface area contributed by atoms with Crippen LogP contribution in [-0.4, -0.2) is 35.0 Å². The zero-order valence-electron chi connectivity index (χ0n) is 11.4. The molecule has 0 bridgehead atoms. The highest BCUT2D eigenvalue weighted by molar-refractivity contribution is 8.78. The SMILES string of the molecule is C1=CSSC1.O=C(S)C(C(=O)S)C1CCC2(C1)OCCO2. The van der Waals surface area contributed by atoms with Crippen LogP contribution in [0.25, 0.3) is 0 Å². The minimum atomic E-state index is -0.737. The lowest BCUT2D eigenvalue weighted by atomic mass is 9.92. The van der Waals surface area contributed by atoms with E-state index in [0.717, 1.165) is 12.8 Å². The predicted molar refractivity (Wildman–Crippen MR) is 92.6 cm³/mol. The highest BCUT2D eigenvalue weighted by atomic mass is 33.1. The first-order chi connectivity index (χ1) is 10.0. The van der Waals surface area contributed by atoms with Crippen LogP contribution in [-0.2, 0) is 19.1 Å². The summed E-state index contributed by atoms with van der Waals surface area (Å²) in [5, 5.41) is 1.28. The van der Waals surface area contributed by atoms with Gasteiger partial charge in [0.1, 0.15) is 0 Å². The number of ether oxygens (including phenoxy) is 2. The van der Waals surface area contributed by atoms with Gasteiger partial charge in [0, 0.05) is 18.6 Å². The van der Waals surface area contributed by atoms with Crippen LogP contribution >= 0.6 is 46.8 Å². The molecule has 0 aromatic carbocycles. The van der Waals surface area contributed by atoms with E-state index in [1.54, 1.807) is 0 Å². The molecule has 0 aromatic heterocycles. The van der Waals surface area contributed by atoms with E-state index in [4.69, 9.17) is 9.47 Å². The fourth-order valence-electron chi connectivity index (χ4n) is 2.76. The molecular formula is C13H18O4S4. The summed E-state index contributed by atoms with van der Waals surface area (Å²) in [4.78, 5) is 22.6. The minimum Gasteiger partial charge on any atom is -0.348 e. The van der Waals surface area contributed by atoms with Crippen LogP contribution in [0, 0.1) is 11.8 Å². The molecule has 1 aliphatic carbocycles. The number of thiol groups is 2. The lowest BCUT2D eigenvalue weighted by Crippen LogP contribution is -2.30. The molecular weight excluding hydrogens is 348 g/mol. The van der Waals surface area contributed by atoms with E-state index < -0.39 is 21.9 Å². The molecule has 2 aliphatic heterocycles. The first-order valence-corrected chi connectivity index (χ1v) is 9.98. The number of carbonyl (C=O) groups is 2. The van der Waals surface area contributed by atoms with Crippen LogP contribution in [0.3, 0.4) is 0 Å². The first-order valence-electron chi connectivity index (χ1n) is 6.71. The normalized spacial score (nSPS) is 26.1. The van der Waals surface area contributed by atoms with Crippen molar-refractivity contribution in [2.24, 2.45) is 11.8 Å². The second-order valence-electron chi connectivity index (χ2n) is 5.02. The third-order valence-corrected chi connectivity index (χ3v) is 6.14. The van der Waals surface area contributed by atoms with Crippen molar-refractivity contribution in [2.45, 2.75) is 25.0 Å². The molecule has 21 heavy (non-hydrogen) atoms. The van der Waals surface area contributed by atoms with Gasteiger partial charge in [0.05, 0.1) is 19.1 Å². The molecule has 118 valence electrons. The molecule has 2 heterocycles. The molecule has 0 N–H and O–H groups in total. The monoisotopic (exact) mass is 366 g/mol. The van der Waals surface area contributed by atoms with Crippen molar-refractivity contribution in [3.8, 4) is 0 Å². The summed E-state index contributed by atoms with van der Waals surface area (Å²) in [6.07, 6.45) is 4.21. The molecule has 8 heteroatoms. The molecule has 0 aromatic rings. The number of hydrogen-bond donors (Lipinski definition) is 2. The maximum absolute atomic E-state index is 11.3. The minimum absolute atomic E-state index is 0.0619. The van der Waals surface area contributed by atoms with Crippen molar-refractivity contribution in [2.75, 3.05) is 19.0 Å². The summed E-state index contributed by atoms with van der Waals surface area (Å²) < 4.78 is 11.1. The topological polar surface area (TPSA) is 52.6 Å². The molecule has 0 amide bonds. The van der Waals surface area contributed by atoms with E-state index in [1.165, 1.54) is 5.75 Å². The lowest BCUT2D eigenvalue weighted by Gasteiger charge is -2.23. The van der Waals surface area contributed by atoms with Crippen LogP contribution in [0.4, 0.5) is 0 Å². The van der Waals surface area contributed by atoms with E-state index in [0.29, 0.717) is 19.6 Å². The summed E-state index contributed by atoms with van der Waals surface area (Å²) in [6, 6.07) is 0. The van der Waals surface area contributed by atoms with Crippen molar-refractivity contribution in [3.05, 3.63) is 11.5 Å². The second-order valence-corrected chi connectivity index (χ2v) is 8.22. The van der Waals surface area contributed by atoms with Gasteiger partial charge in [0.15, 0.2) is 16.0 Å². The van der Waals surface area contributed by atoms with Gasteiger partial charge in [-0.25, -0.2) is 0 Å². The standard InChI is InChI=1S/C10H14O4S2.C3H4S2/c11-8(15)7(9(12)16)6-1-2-10(5-6)13-3-4-14-10;1-2-4-5-3-1/h6-7H,1-5H2,(H,11,15)(H,12,16);1-2H,3H2. The fourth-order valence-corrected chi connectivity index (χ4v) is 5.09. The number of rotatable bonds is 3. The lowest BCUT2D eigenvalue weighted by molar-refractivity contribution is -0.154. The van der Waals surface area contributed by atoms with Crippen LogP contribution < -0.4 is 0 Å². The predicted octanol–water partition coefficient (Wildman–Crippen LogP) is 2.95. The van der Waals surface area contributed by atoms with E-state index >= 15 is 0 Å². The van der Waals surface area contributed by atoms with Crippen molar-refractivity contribution < 1.29 is 19.1 Å². The van der Waals surface area contributed by atoms with E-state index in [9.17, 15) is 9.59 Å². The molecule has 3 aliphatic rings. The Morgan fingerprint density at radius 3 is 2.33 bits per heavy atom.